The molecule has 3 N–H and O–H groups in total. The minimum absolute atomic E-state index is 0.123. The maximum Gasteiger partial charge on any atom is 0.334 e. The number of aliphatic hydroxyl groups is 1. The quantitative estimate of drug-likeness (QED) is 0.529. The van der Waals surface area contributed by atoms with Crippen LogP contribution in [0.15, 0.2) is 0 Å². The van der Waals surface area contributed by atoms with Crippen LogP contribution in [-0.2, 0) is 9.59 Å². The Morgan fingerprint density at radius 1 is 1.24 bits per heavy atom. The summed E-state index contributed by atoms with van der Waals surface area (Å²) in [7, 11) is 4.51. The number of aliphatic hydroxyl groups excluding tert-OH is 1. The van der Waals surface area contributed by atoms with Gasteiger partial charge in [0.15, 0.2) is 6.10 Å². The van der Waals surface area contributed by atoms with Gasteiger partial charge in [0.25, 0.3) is 0 Å². The summed E-state index contributed by atoms with van der Waals surface area (Å²) in [4.78, 5) is 35.3. The lowest BCUT2D eigenvalue weighted by molar-refractivity contribution is -0.146. The van der Waals surface area contributed by atoms with E-state index in [2.05, 4.69) is 5.32 Å². The minimum Gasteiger partial charge on any atom is -0.479 e. The van der Waals surface area contributed by atoms with Crippen molar-refractivity contribution >= 4 is 17.9 Å². The van der Waals surface area contributed by atoms with Crippen LogP contribution in [-0.4, -0.2) is 78.3 Å². The number of urea groups is 1. The van der Waals surface area contributed by atoms with Crippen molar-refractivity contribution in [1.29, 1.82) is 0 Å². The third-order valence-corrected chi connectivity index (χ3v) is 1.95. The van der Waals surface area contributed by atoms with Gasteiger partial charge in [0, 0.05) is 21.1 Å². The first-order valence-corrected chi connectivity index (χ1v) is 4.85. The van der Waals surface area contributed by atoms with Gasteiger partial charge < -0.3 is 25.3 Å². The molecule has 8 heteroatoms. The lowest BCUT2D eigenvalue weighted by Gasteiger charge is -2.20. The minimum atomic E-state index is -1.66. The van der Waals surface area contributed by atoms with Crippen LogP contribution in [0.5, 0.6) is 0 Å². The molecule has 17 heavy (non-hydrogen) atoms. The summed E-state index contributed by atoms with van der Waals surface area (Å²) in [5.41, 5.74) is 0. The molecule has 0 radical (unpaired) electrons. The first-order chi connectivity index (χ1) is 7.75. The Labute approximate surface area is 98.8 Å². The van der Waals surface area contributed by atoms with E-state index in [9.17, 15) is 14.4 Å². The van der Waals surface area contributed by atoms with Crippen LogP contribution in [0.4, 0.5) is 4.79 Å². The highest BCUT2D eigenvalue weighted by atomic mass is 16.4. The predicted molar refractivity (Wildman–Crippen MR) is 58.4 cm³/mol. The topological polar surface area (TPSA) is 110 Å². The third kappa shape index (κ3) is 5.71. The number of hydrogen-bond acceptors (Lipinski definition) is 4. The number of carbonyl (C=O) groups excluding carboxylic acids is 2. The van der Waals surface area contributed by atoms with E-state index < -0.39 is 24.6 Å². The van der Waals surface area contributed by atoms with E-state index in [1.165, 1.54) is 11.9 Å². The Balaban J connectivity index is 4.06. The van der Waals surface area contributed by atoms with E-state index in [4.69, 9.17) is 10.2 Å². The number of rotatable bonds is 5. The van der Waals surface area contributed by atoms with Crippen LogP contribution in [0, 0.1) is 0 Å². The first kappa shape index (κ1) is 15.2. The van der Waals surface area contributed by atoms with Crippen molar-refractivity contribution in [2.24, 2.45) is 0 Å². The number of aliphatic carboxylic acids is 1. The number of hydrogen-bond donors (Lipinski definition) is 3. The number of carbonyl (C=O) groups is 3. The average Bonchev–Trinajstić information content (AvgIpc) is 2.24. The second-order valence-electron chi connectivity index (χ2n) is 3.68. The van der Waals surface area contributed by atoms with Gasteiger partial charge >= 0.3 is 12.0 Å². The number of nitrogens with zero attached hydrogens (tertiary/aromatic N) is 2. The number of nitrogens with one attached hydrogen (secondary N) is 1. The Bertz CT molecular complexity index is 305. The maximum atomic E-state index is 11.4. The van der Waals surface area contributed by atoms with Gasteiger partial charge in [-0.2, -0.15) is 0 Å². The molecule has 0 aliphatic rings. The number of likely N-dealkylation sites (N-methyl/N-ethyl adjacent to an activating group) is 2. The SMILES string of the molecule is CN(C)C(=O)CN(C)C(=O)NCC(O)C(=O)O. The van der Waals surface area contributed by atoms with E-state index in [1.807, 2.05) is 0 Å². The Morgan fingerprint density at radius 3 is 2.18 bits per heavy atom. The van der Waals surface area contributed by atoms with Crippen LogP contribution in [0.1, 0.15) is 0 Å². The van der Waals surface area contributed by atoms with E-state index in [1.54, 1.807) is 14.1 Å². The van der Waals surface area contributed by atoms with Gasteiger partial charge in [-0.05, 0) is 0 Å². The molecule has 0 rings (SSSR count). The van der Waals surface area contributed by atoms with Crippen LogP contribution < -0.4 is 5.32 Å². The van der Waals surface area contributed by atoms with Crippen molar-refractivity contribution in [2.45, 2.75) is 6.10 Å². The van der Waals surface area contributed by atoms with Crippen molar-refractivity contribution < 1.29 is 24.6 Å². The standard InChI is InChI=1S/C9H17N3O5/c1-11(2)7(14)5-12(3)9(17)10-4-6(13)8(15)16/h6,13H,4-5H2,1-3H3,(H,10,17)(H,15,16). The van der Waals surface area contributed by atoms with Crippen LogP contribution in [0.25, 0.3) is 0 Å². The normalized spacial score (nSPS) is 11.5. The second-order valence-corrected chi connectivity index (χ2v) is 3.68. The van der Waals surface area contributed by atoms with Crippen LogP contribution in [0.3, 0.4) is 0 Å². The Hall–Kier alpha value is -1.83. The summed E-state index contributed by atoms with van der Waals surface area (Å²) in [6.45, 7) is -0.531. The molecular formula is C9H17N3O5. The average molecular weight is 247 g/mol. The van der Waals surface area contributed by atoms with Gasteiger partial charge in [0.1, 0.15) is 6.54 Å². The highest BCUT2D eigenvalue weighted by molar-refractivity contribution is 5.84. The monoisotopic (exact) mass is 247 g/mol. The van der Waals surface area contributed by atoms with Crippen molar-refractivity contribution in [3.8, 4) is 0 Å². The number of carboxylic acid groups (broad SMARTS) is 1. The zero-order valence-electron chi connectivity index (χ0n) is 10.0. The molecule has 0 aliphatic heterocycles. The smallest absolute Gasteiger partial charge is 0.334 e. The molecule has 98 valence electrons. The fourth-order valence-electron chi connectivity index (χ4n) is 0.822. The van der Waals surface area contributed by atoms with Gasteiger partial charge in [-0.1, -0.05) is 0 Å². The van der Waals surface area contributed by atoms with Crippen molar-refractivity contribution in [1.82, 2.24) is 15.1 Å². The molecule has 8 nitrogen and oxygen atoms in total. The van der Waals surface area contributed by atoms with Gasteiger partial charge in [-0.15, -0.1) is 0 Å². The second kappa shape index (κ2) is 6.69. The lowest BCUT2D eigenvalue weighted by Crippen LogP contribution is -2.46. The molecule has 1 unspecified atom stereocenters. The molecular weight excluding hydrogens is 230 g/mol. The summed E-state index contributed by atoms with van der Waals surface area (Å²) in [5, 5.41) is 19.5. The fraction of sp³-hybridized carbons (Fsp3) is 0.667. The fourth-order valence-corrected chi connectivity index (χ4v) is 0.822. The highest BCUT2D eigenvalue weighted by Gasteiger charge is 2.17. The van der Waals surface area contributed by atoms with E-state index in [-0.39, 0.29) is 12.5 Å². The molecule has 3 amide bonds. The molecule has 0 bridgehead atoms. The van der Waals surface area contributed by atoms with E-state index in [0.717, 1.165) is 4.90 Å². The zero-order valence-corrected chi connectivity index (χ0v) is 10.0. The first-order valence-electron chi connectivity index (χ1n) is 4.85. The molecule has 0 aromatic carbocycles. The maximum absolute atomic E-state index is 11.4. The molecule has 0 aromatic heterocycles. The number of amides is 3. The summed E-state index contributed by atoms with van der Waals surface area (Å²) in [6.07, 6.45) is -1.66. The predicted octanol–water partition coefficient (Wildman–Crippen LogP) is -1.84. The summed E-state index contributed by atoms with van der Waals surface area (Å²) >= 11 is 0. The van der Waals surface area contributed by atoms with Crippen molar-refractivity contribution in [3.63, 3.8) is 0 Å². The van der Waals surface area contributed by atoms with E-state index in [0.29, 0.717) is 0 Å². The highest BCUT2D eigenvalue weighted by Crippen LogP contribution is 1.89. The molecule has 0 saturated carbocycles. The summed E-state index contributed by atoms with van der Waals surface area (Å²) in [5.74, 6) is -1.68. The van der Waals surface area contributed by atoms with Crippen LogP contribution >= 0.6 is 0 Å². The molecule has 0 spiro atoms. The van der Waals surface area contributed by atoms with Gasteiger partial charge in [0.05, 0.1) is 6.54 Å². The van der Waals surface area contributed by atoms with Gasteiger partial charge in [-0.25, -0.2) is 9.59 Å². The van der Waals surface area contributed by atoms with Gasteiger partial charge in [0.2, 0.25) is 5.91 Å². The molecule has 0 heterocycles. The molecule has 0 fully saturated rings. The largest absolute Gasteiger partial charge is 0.479 e. The number of carboxylic acids is 1. The van der Waals surface area contributed by atoms with Crippen LogP contribution in [0.2, 0.25) is 0 Å². The molecule has 0 aliphatic carbocycles. The van der Waals surface area contributed by atoms with Crippen molar-refractivity contribution in [3.05, 3.63) is 0 Å². The summed E-state index contributed by atoms with van der Waals surface area (Å²) in [6, 6.07) is -0.625. The summed E-state index contributed by atoms with van der Waals surface area (Å²) < 4.78 is 0. The molecule has 0 aromatic rings. The molecule has 1 atom stereocenters. The Morgan fingerprint density at radius 2 is 1.76 bits per heavy atom. The zero-order chi connectivity index (χ0) is 13.6. The van der Waals surface area contributed by atoms with E-state index >= 15 is 0 Å². The Kier molecular flexibility index (Phi) is 5.97. The lowest BCUT2D eigenvalue weighted by atomic mass is 10.3. The van der Waals surface area contributed by atoms with Gasteiger partial charge in [-0.3, -0.25) is 4.79 Å². The molecule has 0 saturated heterocycles. The third-order valence-electron chi connectivity index (χ3n) is 1.95. The van der Waals surface area contributed by atoms with Crippen molar-refractivity contribution in [2.75, 3.05) is 34.2 Å².